The second-order valence-electron chi connectivity index (χ2n) is 5.97. The van der Waals surface area contributed by atoms with Crippen LogP contribution in [0, 0.1) is 0 Å². The Morgan fingerprint density at radius 2 is 1.61 bits per heavy atom. The molecule has 0 saturated heterocycles. The summed E-state index contributed by atoms with van der Waals surface area (Å²) in [5.74, 6) is -0.809. The van der Waals surface area contributed by atoms with E-state index in [0.29, 0.717) is 5.56 Å². The zero-order valence-electron chi connectivity index (χ0n) is 15.9. The molecule has 10 heteroatoms. The van der Waals surface area contributed by atoms with Crippen LogP contribution in [-0.2, 0) is 26.0 Å². The number of nitrogens with one attached hydrogen (secondary N) is 1. The Labute approximate surface area is 163 Å². The van der Waals surface area contributed by atoms with Crippen molar-refractivity contribution in [3.63, 3.8) is 0 Å². The molecule has 0 unspecified atom stereocenters. The van der Waals surface area contributed by atoms with E-state index in [1.807, 2.05) is 19.0 Å². The number of anilines is 1. The first-order valence-electron chi connectivity index (χ1n) is 8.11. The summed E-state index contributed by atoms with van der Waals surface area (Å²) in [6, 6.07) is 6.98. The Morgan fingerprint density at radius 3 is 2.04 bits per heavy atom. The van der Waals surface area contributed by atoms with Crippen LogP contribution in [0.3, 0.4) is 0 Å². The van der Waals surface area contributed by atoms with Crippen LogP contribution >= 0.6 is 0 Å². The summed E-state index contributed by atoms with van der Waals surface area (Å²) in [7, 11) is 1.99. The number of ether oxygens (including phenoxy) is 2. The number of methoxy groups -OCH3 is 2. The van der Waals surface area contributed by atoms with E-state index < -0.39 is 22.0 Å². The number of aromatic nitrogens is 1. The minimum Gasteiger partial charge on any atom is -0.465 e. The highest BCUT2D eigenvalue weighted by molar-refractivity contribution is 7.89. The summed E-state index contributed by atoms with van der Waals surface area (Å²) in [5, 5.41) is 0. The molecule has 0 fully saturated rings. The van der Waals surface area contributed by atoms with Gasteiger partial charge in [-0.3, -0.25) is 0 Å². The minimum atomic E-state index is -4.02. The van der Waals surface area contributed by atoms with Crippen molar-refractivity contribution in [2.75, 3.05) is 33.2 Å². The first-order chi connectivity index (χ1) is 13.2. The molecule has 0 atom stereocenters. The Bertz CT molecular complexity index is 937. The lowest BCUT2D eigenvalue weighted by molar-refractivity contribution is 0.0598. The molecule has 150 valence electrons. The van der Waals surface area contributed by atoms with Gasteiger partial charge in [0.1, 0.15) is 5.82 Å². The van der Waals surface area contributed by atoms with Gasteiger partial charge >= 0.3 is 11.9 Å². The maximum absolute atomic E-state index is 12.7. The van der Waals surface area contributed by atoms with Crippen LogP contribution in [-0.4, -0.2) is 53.7 Å². The number of hydrogen-bond donors (Lipinski definition) is 1. The van der Waals surface area contributed by atoms with Crippen LogP contribution in [0.1, 0.15) is 26.3 Å². The first kappa shape index (κ1) is 21.3. The van der Waals surface area contributed by atoms with Crippen LogP contribution in [0.2, 0.25) is 0 Å². The summed E-state index contributed by atoms with van der Waals surface area (Å²) >= 11 is 0. The van der Waals surface area contributed by atoms with Gasteiger partial charge in [-0.15, -0.1) is 0 Å². The monoisotopic (exact) mass is 407 g/mol. The summed E-state index contributed by atoms with van der Waals surface area (Å²) in [5.41, 5.74) is 0.483. The van der Waals surface area contributed by atoms with Gasteiger partial charge < -0.3 is 14.4 Å². The SMILES string of the molecule is COC(=O)c1cc(C(=O)OC)cc(S(=O)(=O)NCc2ccc(N(C)C)nc2)c1. The average molecular weight is 407 g/mol. The summed E-state index contributed by atoms with van der Waals surface area (Å²) in [4.78, 5) is 29.4. The molecule has 1 aromatic heterocycles. The third-order valence-corrected chi connectivity index (χ3v) is 5.17. The number of carbonyl (C=O) groups excluding carboxylic acids is 2. The second kappa shape index (κ2) is 8.81. The maximum atomic E-state index is 12.7. The molecule has 0 radical (unpaired) electrons. The van der Waals surface area contributed by atoms with Crippen LogP contribution < -0.4 is 9.62 Å². The predicted octanol–water partition coefficient (Wildman–Crippen LogP) is 1.20. The topological polar surface area (TPSA) is 115 Å². The Hall–Kier alpha value is -2.98. The van der Waals surface area contributed by atoms with Gasteiger partial charge in [0.05, 0.1) is 30.2 Å². The number of hydrogen-bond acceptors (Lipinski definition) is 8. The fourth-order valence-corrected chi connectivity index (χ4v) is 3.36. The third kappa shape index (κ3) is 5.05. The molecule has 0 amide bonds. The van der Waals surface area contributed by atoms with E-state index in [9.17, 15) is 18.0 Å². The molecule has 0 aliphatic carbocycles. The molecule has 0 spiro atoms. The smallest absolute Gasteiger partial charge is 0.337 e. The molecule has 1 N–H and O–H groups in total. The number of sulfonamides is 1. The van der Waals surface area contributed by atoms with Crippen LogP contribution in [0.4, 0.5) is 5.82 Å². The van der Waals surface area contributed by atoms with Crippen molar-refractivity contribution in [3.05, 3.63) is 53.2 Å². The average Bonchev–Trinajstić information content (AvgIpc) is 2.70. The number of esters is 2. The van der Waals surface area contributed by atoms with Gasteiger partial charge in [0, 0.05) is 26.8 Å². The summed E-state index contributed by atoms with van der Waals surface area (Å²) in [6.07, 6.45) is 1.56. The lowest BCUT2D eigenvalue weighted by atomic mass is 10.1. The standard InChI is InChI=1S/C18H21N3O6S/c1-21(2)16-6-5-12(10-19-16)11-20-28(24,25)15-8-13(17(22)26-3)7-14(9-15)18(23)27-4/h5-10,20H,11H2,1-4H3. The van der Waals surface area contributed by atoms with Gasteiger partial charge in [-0.05, 0) is 29.8 Å². The van der Waals surface area contributed by atoms with Gasteiger partial charge in [-0.25, -0.2) is 27.7 Å². The number of benzene rings is 1. The van der Waals surface area contributed by atoms with Gasteiger partial charge in [-0.2, -0.15) is 0 Å². The zero-order chi connectivity index (χ0) is 20.9. The van der Waals surface area contributed by atoms with Crippen molar-refractivity contribution < 1.29 is 27.5 Å². The second-order valence-corrected chi connectivity index (χ2v) is 7.74. The van der Waals surface area contributed by atoms with E-state index in [1.54, 1.807) is 18.3 Å². The molecule has 0 aliphatic rings. The fraction of sp³-hybridized carbons (Fsp3) is 0.278. The highest BCUT2D eigenvalue weighted by Gasteiger charge is 2.21. The minimum absolute atomic E-state index is 0.0148. The molecular weight excluding hydrogens is 386 g/mol. The van der Waals surface area contributed by atoms with Crippen molar-refractivity contribution in [3.8, 4) is 0 Å². The molecule has 1 heterocycles. The fourth-order valence-electron chi connectivity index (χ4n) is 2.27. The summed E-state index contributed by atoms with van der Waals surface area (Å²) < 4.78 is 37.0. The quantitative estimate of drug-likeness (QED) is 0.681. The molecule has 0 aliphatic heterocycles. The molecule has 28 heavy (non-hydrogen) atoms. The van der Waals surface area contributed by atoms with Crippen molar-refractivity contribution in [1.82, 2.24) is 9.71 Å². The lowest BCUT2D eigenvalue weighted by Gasteiger charge is -2.12. The summed E-state index contributed by atoms with van der Waals surface area (Å²) in [6.45, 7) is -0.0148. The van der Waals surface area contributed by atoms with Crippen molar-refractivity contribution >= 4 is 27.8 Å². The molecule has 1 aromatic carbocycles. The van der Waals surface area contributed by atoms with Crippen LogP contribution in [0.5, 0.6) is 0 Å². The molecule has 2 rings (SSSR count). The number of pyridine rings is 1. The highest BCUT2D eigenvalue weighted by atomic mass is 32.2. The molecule has 0 bridgehead atoms. The Morgan fingerprint density at radius 1 is 1.04 bits per heavy atom. The van der Waals surface area contributed by atoms with E-state index in [4.69, 9.17) is 0 Å². The maximum Gasteiger partial charge on any atom is 0.337 e. The van der Waals surface area contributed by atoms with E-state index in [-0.39, 0.29) is 22.6 Å². The molecule has 9 nitrogen and oxygen atoms in total. The van der Waals surface area contributed by atoms with E-state index in [1.165, 1.54) is 6.07 Å². The molecule has 2 aromatic rings. The van der Waals surface area contributed by atoms with Crippen LogP contribution in [0.15, 0.2) is 41.4 Å². The number of rotatable bonds is 7. The predicted molar refractivity (Wildman–Crippen MR) is 102 cm³/mol. The zero-order valence-corrected chi connectivity index (χ0v) is 16.7. The third-order valence-electron chi connectivity index (χ3n) is 3.79. The number of nitrogens with zero attached hydrogens (tertiary/aromatic N) is 2. The Balaban J connectivity index is 2.30. The largest absolute Gasteiger partial charge is 0.465 e. The van der Waals surface area contributed by atoms with Crippen LogP contribution in [0.25, 0.3) is 0 Å². The van der Waals surface area contributed by atoms with E-state index >= 15 is 0 Å². The molecule has 0 saturated carbocycles. The van der Waals surface area contributed by atoms with Crippen molar-refractivity contribution in [2.45, 2.75) is 11.4 Å². The lowest BCUT2D eigenvalue weighted by Crippen LogP contribution is -2.24. The first-order valence-corrected chi connectivity index (χ1v) is 9.60. The van der Waals surface area contributed by atoms with Gasteiger partial charge in [0.15, 0.2) is 0 Å². The normalized spacial score (nSPS) is 11.0. The van der Waals surface area contributed by atoms with E-state index in [0.717, 1.165) is 32.2 Å². The van der Waals surface area contributed by atoms with Crippen molar-refractivity contribution in [1.29, 1.82) is 0 Å². The Kier molecular flexibility index (Phi) is 6.71. The molecular formula is C18H21N3O6S. The van der Waals surface area contributed by atoms with Crippen molar-refractivity contribution in [2.24, 2.45) is 0 Å². The van der Waals surface area contributed by atoms with Gasteiger partial charge in [0.2, 0.25) is 10.0 Å². The highest BCUT2D eigenvalue weighted by Crippen LogP contribution is 2.18. The van der Waals surface area contributed by atoms with Gasteiger partial charge in [-0.1, -0.05) is 6.07 Å². The number of carbonyl (C=O) groups is 2. The van der Waals surface area contributed by atoms with Gasteiger partial charge in [0.25, 0.3) is 0 Å². The van der Waals surface area contributed by atoms with E-state index in [2.05, 4.69) is 19.2 Å².